The van der Waals surface area contributed by atoms with Crippen molar-refractivity contribution in [3.05, 3.63) is 71.4 Å². The van der Waals surface area contributed by atoms with Crippen LogP contribution < -0.4 is 4.74 Å². The fourth-order valence-corrected chi connectivity index (χ4v) is 4.08. The van der Waals surface area contributed by atoms with Crippen molar-refractivity contribution in [2.24, 2.45) is 0 Å². The molecule has 170 valence electrons. The zero-order valence-electron chi connectivity index (χ0n) is 17.2. The van der Waals surface area contributed by atoms with Gasteiger partial charge in [0.15, 0.2) is 6.61 Å². The van der Waals surface area contributed by atoms with Crippen molar-refractivity contribution in [1.29, 1.82) is 0 Å². The molecule has 0 atom stereocenters. The maximum Gasteiger partial charge on any atom is 0.416 e. The third-order valence-corrected chi connectivity index (χ3v) is 5.77. The number of carboxylic acid groups (broad SMARTS) is 1. The van der Waals surface area contributed by atoms with E-state index >= 15 is 0 Å². The maximum atomic E-state index is 12.8. The van der Waals surface area contributed by atoms with Crippen LogP contribution in [0.15, 0.2) is 64.0 Å². The van der Waals surface area contributed by atoms with Crippen LogP contribution in [0.25, 0.3) is 22.7 Å². The van der Waals surface area contributed by atoms with Gasteiger partial charge in [-0.05, 0) is 66.6 Å². The highest BCUT2D eigenvalue weighted by Crippen LogP contribution is 2.33. The lowest BCUT2D eigenvalue weighted by molar-refractivity contribution is -0.139. The molecule has 2 aromatic carbocycles. The Morgan fingerprint density at radius 1 is 1.15 bits per heavy atom. The van der Waals surface area contributed by atoms with Crippen LogP contribution in [0.2, 0.25) is 0 Å². The number of nitrogens with zero attached hydrogens (tertiary/aromatic N) is 2. The van der Waals surface area contributed by atoms with Crippen LogP contribution in [0.1, 0.15) is 16.7 Å². The van der Waals surface area contributed by atoms with E-state index in [0.29, 0.717) is 28.3 Å². The monoisotopic (exact) mass is 474 g/mol. The first-order valence-corrected chi connectivity index (χ1v) is 10.7. The van der Waals surface area contributed by atoms with Gasteiger partial charge in [-0.15, -0.1) is 11.8 Å². The van der Waals surface area contributed by atoms with Crippen LogP contribution in [-0.4, -0.2) is 27.7 Å². The molecular formula is C23H17F3N2O4S. The fraction of sp³-hybridized carbons (Fsp3) is 0.174. The normalized spacial score (nSPS) is 11.6. The van der Waals surface area contributed by atoms with Gasteiger partial charge >= 0.3 is 12.1 Å². The number of ether oxygens (including phenoxy) is 1. The molecule has 0 radical (unpaired) electrons. The number of pyridine rings is 1. The van der Waals surface area contributed by atoms with Gasteiger partial charge in [-0.2, -0.15) is 13.2 Å². The van der Waals surface area contributed by atoms with Crippen LogP contribution in [0, 0.1) is 6.92 Å². The summed E-state index contributed by atoms with van der Waals surface area (Å²) in [5, 5.41) is 8.74. The minimum atomic E-state index is -4.41. The van der Waals surface area contributed by atoms with E-state index in [1.165, 1.54) is 23.9 Å². The number of hydrogen-bond acceptors (Lipinski definition) is 6. The molecular weight excluding hydrogens is 457 g/mol. The summed E-state index contributed by atoms with van der Waals surface area (Å²) in [6.45, 7) is 1.43. The van der Waals surface area contributed by atoms with Crippen molar-refractivity contribution in [3.8, 4) is 17.2 Å². The van der Waals surface area contributed by atoms with Crippen LogP contribution in [0.5, 0.6) is 5.75 Å². The van der Waals surface area contributed by atoms with E-state index in [0.717, 1.165) is 28.2 Å². The number of oxazole rings is 1. The number of aliphatic carboxylic acids is 1. The van der Waals surface area contributed by atoms with Crippen molar-refractivity contribution in [3.63, 3.8) is 0 Å². The second-order valence-corrected chi connectivity index (χ2v) is 8.17. The van der Waals surface area contributed by atoms with E-state index in [1.807, 2.05) is 25.1 Å². The van der Waals surface area contributed by atoms with E-state index < -0.39 is 24.3 Å². The van der Waals surface area contributed by atoms with Gasteiger partial charge < -0.3 is 14.3 Å². The second kappa shape index (κ2) is 9.14. The minimum Gasteiger partial charge on any atom is -0.482 e. The number of fused-ring (bicyclic) bond motifs is 1. The zero-order chi connectivity index (χ0) is 23.6. The van der Waals surface area contributed by atoms with E-state index in [4.69, 9.17) is 14.3 Å². The number of aryl methyl sites for hydroxylation is 1. The molecule has 0 fully saturated rings. The van der Waals surface area contributed by atoms with Crippen molar-refractivity contribution in [1.82, 2.24) is 9.97 Å². The first-order valence-electron chi connectivity index (χ1n) is 9.71. The minimum absolute atomic E-state index is 0.194. The number of rotatable bonds is 7. The fourth-order valence-electron chi connectivity index (χ4n) is 3.10. The molecule has 0 amide bonds. The van der Waals surface area contributed by atoms with E-state index in [2.05, 4.69) is 9.97 Å². The lowest BCUT2D eigenvalue weighted by Crippen LogP contribution is -2.09. The Labute approximate surface area is 190 Å². The summed E-state index contributed by atoms with van der Waals surface area (Å²) in [4.78, 5) is 20.3. The molecule has 33 heavy (non-hydrogen) atoms. The summed E-state index contributed by atoms with van der Waals surface area (Å²) in [6, 6.07) is 11.9. The molecule has 0 saturated carbocycles. The molecule has 0 aliphatic rings. The van der Waals surface area contributed by atoms with Gasteiger partial charge in [-0.25, -0.2) is 14.8 Å². The molecule has 6 nitrogen and oxygen atoms in total. The summed E-state index contributed by atoms with van der Waals surface area (Å²) >= 11 is 1.54. The molecule has 0 aliphatic carbocycles. The van der Waals surface area contributed by atoms with Crippen LogP contribution >= 0.6 is 11.8 Å². The SMILES string of the molecule is Cc1cc(SCc2ccnc3oc(-c4ccc(C(F)(F)F)cc4)nc23)ccc1OCC(=O)O. The summed E-state index contributed by atoms with van der Waals surface area (Å²) in [5.41, 5.74) is 2.19. The van der Waals surface area contributed by atoms with Gasteiger partial charge in [0.2, 0.25) is 11.6 Å². The molecule has 4 aromatic rings. The highest BCUT2D eigenvalue weighted by molar-refractivity contribution is 7.98. The number of aromatic nitrogens is 2. The highest BCUT2D eigenvalue weighted by Gasteiger charge is 2.30. The summed E-state index contributed by atoms with van der Waals surface area (Å²) < 4.78 is 49.3. The van der Waals surface area contributed by atoms with Crippen molar-refractivity contribution in [2.75, 3.05) is 6.61 Å². The average Bonchev–Trinajstić information content (AvgIpc) is 3.21. The Kier molecular flexibility index (Phi) is 6.28. The third-order valence-electron chi connectivity index (χ3n) is 4.73. The smallest absolute Gasteiger partial charge is 0.416 e. The quantitative estimate of drug-likeness (QED) is 0.330. The lowest BCUT2D eigenvalue weighted by atomic mass is 10.1. The predicted octanol–water partition coefficient (Wildman–Crippen LogP) is 5.97. The molecule has 0 bridgehead atoms. The maximum absolute atomic E-state index is 12.8. The van der Waals surface area contributed by atoms with E-state index in [1.54, 1.807) is 12.3 Å². The van der Waals surface area contributed by atoms with Crippen molar-refractivity contribution < 1.29 is 32.2 Å². The second-order valence-electron chi connectivity index (χ2n) is 7.12. The van der Waals surface area contributed by atoms with Gasteiger partial charge in [0.05, 0.1) is 5.56 Å². The summed E-state index contributed by atoms with van der Waals surface area (Å²) in [6.07, 6.45) is -2.82. The number of alkyl halides is 3. The van der Waals surface area contributed by atoms with Crippen LogP contribution in [0.3, 0.4) is 0 Å². The molecule has 10 heteroatoms. The average molecular weight is 474 g/mol. The molecule has 4 rings (SSSR count). The van der Waals surface area contributed by atoms with Crippen molar-refractivity contribution in [2.45, 2.75) is 23.7 Å². The Balaban J connectivity index is 1.52. The van der Waals surface area contributed by atoms with Crippen LogP contribution in [0.4, 0.5) is 13.2 Å². The molecule has 0 spiro atoms. The van der Waals surface area contributed by atoms with Gasteiger partial charge in [0.25, 0.3) is 0 Å². The molecule has 0 saturated heterocycles. The first-order chi connectivity index (χ1) is 15.7. The Morgan fingerprint density at radius 3 is 2.58 bits per heavy atom. The van der Waals surface area contributed by atoms with E-state index in [9.17, 15) is 18.0 Å². The zero-order valence-corrected chi connectivity index (χ0v) is 18.0. The molecule has 0 unspecified atom stereocenters. The van der Waals surface area contributed by atoms with Gasteiger partial charge in [-0.1, -0.05) is 0 Å². The molecule has 2 aromatic heterocycles. The Morgan fingerprint density at radius 2 is 1.91 bits per heavy atom. The summed E-state index contributed by atoms with van der Waals surface area (Å²) in [5.74, 6) is 0.204. The highest BCUT2D eigenvalue weighted by atomic mass is 32.2. The van der Waals surface area contributed by atoms with Crippen molar-refractivity contribution >= 4 is 29.0 Å². The number of carboxylic acids is 1. The number of thioether (sulfide) groups is 1. The number of benzene rings is 2. The standard InChI is InChI=1S/C23H17F3N2O4S/c1-13-10-17(6-7-18(13)31-11-19(29)30)33-12-15-8-9-27-22-20(15)28-21(32-22)14-2-4-16(5-3-14)23(24,25)26/h2-10H,11-12H2,1H3,(H,29,30). The molecule has 2 heterocycles. The third kappa shape index (κ3) is 5.28. The first kappa shape index (κ1) is 22.7. The molecule has 0 aliphatic heterocycles. The molecule has 1 N–H and O–H groups in total. The van der Waals surface area contributed by atoms with Gasteiger partial charge in [-0.3, -0.25) is 0 Å². The predicted molar refractivity (Wildman–Crippen MR) is 116 cm³/mol. The Bertz CT molecular complexity index is 1300. The topological polar surface area (TPSA) is 85.5 Å². The lowest BCUT2D eigenvalue weighted by Gasteiger charge is -2.09. The van der Waals surface area contributed by atoms with Gasteiger partial charge in [0, 0.05) is 22.4 Å². The number of halogens is 3. The largest absolute Gasteiger partial charge is 0.482 e. The van der Waals surface area contributed by atoms with E-state index in [-0.39, 0.29) is 5.89 Å². The van der Waals surface area contributed by atoms with Crippen LogP contribution in [-0.2, 0) is 16.7 Å². The number of hydrogen-bond donors (Lipinski definition) is 1. The number of carbonyl (C=O) groups is 1. The van der Waals surface area contributed by atoms with Gasteiger partial charge in [0.1, 0.15) is 11.3 Å². The Hall–Kier alpha value is -3.53. The summed E-state index contributed by atoms with van der Waals surface area (Å²) in [7, 11) is 0.